The van der Waals surface area contributed by atoms with Crippen LogP contribution in [0.15, 0.2) is 42.7 Å². The Hall–Kier alpha value is -2.69. The molecule has 0 saturated carbocycles. The quantitative estimate of drug-likeness (QED) is 0.933. The average molecular weight is 337 g/mol. The first-order valence-corrected chi connectivity index (χ1v) is 8.59. The number of hydrogen-bond donors (Lipinski definition) is 1. The molecular formula is C20H23N3O2. The Morgan fingerprint density at radius 2 is 2.00 bits per heavy atom. The molecule has 3 rings (SSSR count). The standard InChI is InChI=1S/C20H23N3O2/c1-14-3-4-18(22-15(2)24)12-19(14)20(25)23-10-7-17(13-23)11-16-5-8-21-9-6-16/h3-6,8-9,12,17H,7,10-11,13H2,1-2H3,(H,22,24). The fraction of sp³-hybridized carbons (Fsp3) is 0.350. The van der Waals surface area contributed by atoms with E-state index < -0.39 is 0 Å². The summed E-state index contributed by atoms with van der Waals surface area (Å²) in [6.45, 7) is 4.93. The number of anilines is 1. The Balaban J connectivity index is 1.68. The molecule has 2 heterocycles. The number of pyridine rings is 1. The number of nitrogens with zero attached hydrogens (tertiary/aromatic N) is 2. The van der Waals surface area contributed by atoms with Gasteiger partial charge in [0.25, 0.3) is 5.91 Å². The molecule has 130 valence electrons. The Morgan fingerprint density at radius 3 is 2.72 bits per heavy atom. The number of likely N-dealkylation sites (tertiary alicyclic amines) is 1. The van der Waals surface area contributed by atoms with E-state index in [2.05, 4.69) is 10.3 Å². The molecule has 0 spiro atoms. The van der Waals surface area contributed by atoms with Gasteiger partial charge >= 0.3 is 0 Å². The van der Waals surface area contributed by atoms with Crippen molar-refractivity contribution in [3.63, 3.8) is 0 Å². The first kappa shape index (κ1) is 17.1. The largest absolute Gasteiger partial charge is 0.338 e. The molecule has 25 heavy (non-hydrogen) atoms. The highest BCUT2D eigenvalue weighted by molar-refractivity contribution is 5.98. The average Bonchev–Trinajstić information content (AvgIpc) is 3.05. The zero-order valence-corrected chi connectivity index (χ0v) is 14.7. The van der Waals surface area contributed by atoms with E-state index in [9.17, 15) is 9.59 Å². The van der Waals surface area contributed by atoms with E-state index in [1.165, 1.54) is 12.5 Å². The Kier molecular flexibility index (Phi) is 5.12. The van der Waals surface area contributed by atoms with Gasteiger partial charge in [0.15, 0.2) is 0 Å². The second-order valence-corrected chi connectivity index (χ2v) is 6.68. The highest BCUT2D eigenvalue weighted by Gasteiger charge is 2.27. The molecule has 1 aromatic heterocycles. The number of benzene rings is 1. The summed E-state index contributed by atoms with van der Waals surface area (Å²) < 4.78 is 0. The maximum absolute atomic E-state index is 12.9. The van der Waals surface area contributed by atoms with E-state index >= 15 is 0 Å². The Bertz CT molecular complexity index is 774. The van der Waals surface area contributed by atoms with E-state index in [0.717, 1.165) is 31.5 Å². The molecule has 5 heteroatoms. The number of aromatic nitrogens is 1. The molecule has 1 unspecified atom stereocenters. The SMILES string of the molecule is CC(=O)Nc1ccc(C)c(C(=O)N2CCC(Cc3ccncc3)C2)c1. The summed E-state index contributed by atoms with van der Waals surface area (Å²) in [5.41, 5.74) is 3.51. The maximum atomic E-state index is 12.9. The lowest BCUT2D eigenvalue weighted by Gasteiger charge is -2.18. The lowest BCUT2D eigenvalue weighted by Crippen LogP contribution is -2.29. The van der Waals surface area contributed by atoms with Gasteiger partial charge in [-0.25, -0.2) is 0 Å². The molecule has 1 aliphatic heterocycles. The molecule has 2 amide bonds. The van der Waals surface area contributed by atoms with Crippen molar-refractivity contribution in [1.82, 2.24) is 9.88 Å². The van der Waals surface area contributed by atoms with E-state index in [1.54, 1.807) is 6.07 Å². The van der Waals surface area contributed by atoms with E-state index in [-0.39, 0.29) is 11.8 Å². The number of hydrogen-bond acceptors (Lipinski definition) is 3. The zero-order valence-electron chi connectivity index (χ0n) is 14.7. The molecule has 1 atom stereocenters. The predicted octanol–water partition coefficient (Wildman–Crippen LogP) is 3.05. The number of rotatable bonds is 4. The van der Waals surface area contributed by atoms with Gasteiger partial charge in [-0.15, -0.1) is 0 Å². The predicted molar refractivity (Wildman–Crippen MR) is 97.4 cm³/mol. The van der Waals surface area contributed by atoms with Gasteiger partial charge in [0, 0.05) is 43.7 Å². The van der Waals surface area contributed by atoms with Crippen LogP contribution in [0.25, 0.3) is 0 Å². The fourth-order valence-corrected chi connectivity index (χ4v) is 3.34. The molecule has 1 aliphatic rings. The third-order valence-electron chi connectivity index (χ3n) is 4.64. The molecule has 1 aromatic carbocycles. The summed E-state index contributed by atoms with van der Waals surface area (Å²) >= 11 is 0. The van der Waals surface area contributed by atoms with Gasteiger partial charge in [-0.3, -0.25) is 14.6 Å². The van der Waals surface area contributed by atoms with Crippen LogP contribution >= 0.6 is 0 Å². The van der Waals surface area contributed by atoms with Crippen LogP contribution in [0.3, 0.4) is 0 Å². The number of aryl methyl sites for hydroxylation is 1. The smallest absolute Gasteiger partial charge is 0.254 e. The normalized spacial score (nSPS) is 16.7. The van der Waals surface area contributed by atoms with Crippen LogP contribution in [0.1, 0.15) is 34.8 Å². The van der Waals surface area contributed by atoms with Crippen LogP contribution in [0.5, 0.6) is 0 Å². The van der Waals surface area contributed by atoms with Crippen LogP contribution in [0.4, 0.5) is 5.69 Å². The van der Waals surface area contributed by atoms with Gasteiger partial charge in [-0.2, -0.15) is 0 Å². The molecule has 5 nitrogen and oxygen atoms in total. The van der Waals surface area contributed by atoms with Gasteiger partial charge in [-0.05, 0) is 61.1 Å². The number of carbonyl (C=O) groups excluding carboxylic acids is 2. The highest BCUT2D eigenvalue weighted by atomic mass is 16.2. The van der Waals surface area contributed by atoms with Gasteiger partial charge in [-0.1, -0.05) is 6.07 Å². The summed E-state index contributed by atoms with van der Waals surface area (Å²) in [5.74, 6) is 0.382. The molecule has 0 radical (unpaired) electrons. The second kappa shape index (κ2) is 7.47. The third kappa shape index (κ3) is 4.24. The fourth-order valence-electron chi connectivity index (χ4n) is 3.34. The van der Waals surface area contributed by atoms with Crippen LogP contribution in [0, 0.1) is 12.8 Å². The lowest BCUT2D eigenvalue weighted by atomic mass is 9.99. The Labute approximate surface area is 148 Å². The first-order chi connectivity index (χ1) is 12.0. The second-order valence-electron chi connectivity index (χ2n) is 6.68. The van der Waals surface area contributed by atoms with Crippen molar-refractivity contribution >= 4 is 17.5 Å². The van der Waals surface area contributed by atoms with Gasteiger partial charge in [0.2, 0.25) is 5.91 Å². The minimum Gasteiger partial charge on any atom is -0.338 e. The van der Waals surface area contributed by atoms with Crippen molar-refractivity contribution < 1.29 is 9.59 Å². The first-order valence-electron chi connectivity index (χ1n) is 8.59. The molecule has 0 aliphatic carbocycles. The van der Waals surface area contributed by atoms with Crippen LogP contribution in [0.2, 0.25) is 0 Å². The van der Waals surface area contributed by atoms with Crippen LogP contribution < -0.4 is 5.32 Å². The van der Waals surface area contributed by atoms with Gasteiger partial charge in [0.05, 0.1) is 0 Å². The molecule has 1 saturated heterocycles. The summed E-state index contributed by atoms with van der Waals surface area (Å²) in [4.78, 5) is 30.1. The summed E-state index contributed by atoms with van der Waals surface area (Å²) in [5, 5.41) is 2.74. The zero-order chi connectivity index (χ0) is 17.8. The molecule has 1 fully saturated rings. The third-order valence-corrected chi connectivity index (χ3v) is 4.64. The summed E-state index contributed by atoms with van der Waals surface area (Å²) in [7, 11) is 0. The molecular weight excluding hydrogens is 314 g/mol. The van der Waals surface area contributed by atoms with Crippen molar-refractivity contribution in [2.24, 2.45) is 5.92 Å². The lowest BCUT2D eigenvalue weighted by molar-refractivity contribution is -0.114. The summed E-state index contributed by atoms with van der Waals surface area (Å²) in [6.07, 6.45) is 5.60. The van der Waals surface area contributed by atoms with Gasteiger partial charge < -0.3 is 10.2 Å². The van der Waals surface area contributed by atoms with Crippen molar-refractivity contribution in [3.8, 4) is 0 Å². The number of amides is 2. The maximum Gasteiger partial charge on any atom is 0.254 e. The van der Waals surface area contributed by atoms with Crippen molar-refractivity contribution in [3.05, 3.63) is 59.4 Å². The molecule has 0 bridgehead atoms. The Morgan fingerprint density at radius 1 is 1.24 bits per heavy atom. The van der Waals surface area contributed by atoms with Gasteiger partial charge in [0.1, 0.15) is 0 Å². The molecule has 2 aromatic rings. The summed E-state index contributed by atoms with van der Waals surface area (Å²) in [6, 6.07) is 9.54. The minimum atomic E-state index is -0.138. The topological polar surface area (TPSA) is 62.3 Å². The number of carbonyl (C=O) groups is 2. The van der Waals surface area contributed by atoms with Crippen molar-refractivity contribution in [2.45, 2.75) is 26.7 Å². The van der Waals surface area contributed by atoms with Crippen LogP contribution in [-0.4, -0.2) is 34.8 Å². The van der Waals surface area contributed by atoms with E-state index in [4.69, 9.17) is 0 Å². The molecule has 1 N–H and O–H groups in total. The van der Waals surface area contributed by atoms with E-state index in [0.29, 0.717) is 17.2 Å². The number of nitrogens with one attached hydrogen (secondary N) is 1. The van der Waals surface area contributed by atoms with Crippen molar-refractivity contribution in [2.75, 3.05) is 18.4 Å². The minimum absolute atomic E-state index is 0.0435. The van der Waals surface area contributed by atoms with Crippen LogP contribution in [-0.2, 0) is 11.2 Å². The highest BCUT2D eigenvalue weighted by Crippen LogP contribution is 2.24. The van der Waals surface area contributed by atoms with E-state index in [1.807, 2.05) is 48.5 Å². The van der Waals surface area contributed by atoms with Crippen molar-refractivity contribution in [1.29, 1.82) is 0 Å². The monoisotopic (exact) mass is 337 g/mol.